The van der Waals surface area contributed by atoms with Gasteiger partial charge in [-0.3, -0.25) is 4.79 Å². The van der Waals surface area contributed by atoms with Crippen molar-refractivity contribution < 1.29 is 13.2 Å². The topological polar surface area (TPSA) is 89.3 Å². The van der Waals surface area contributed by atoms with E-state index >= 15 is 0 Å². The van der Waals surface area contributed by atoms with Crippen LogP contribution in [0, 0.1) is 5.92 Å². The summed E-state index contributed by atoms with van der Waals surface area (Å²) >= 11 is 3.29. The summed E-state index contributed by atoms with van der Waals surface area (Å²) in [4.78, 5) is 11.7. The molecule has 1 unspecified atom stereocenters. The van der Waals surface area contributed by atoms with E-state index < -0.39 is 21.5 Å². The quantitative estimate of drug-likeness (QED) is 0.714. The van der Waals surface area contributed by atoms with Gasteiger partial charge in [-0.25, -0.2) is 8.42 Å². The minimum atomic E-state index is -3.48. The Morgan fingerprint density at radius 1 is 1.41 bits per heavy atom. The standard InChI is InChI=1S/C14H19BrN2O3S.ClH/c15-12-3-1-2-10(6-12)8-21(19,20)9-14(18)17-7-13(16)11-4-5-11;/h1-3,6,11,13H,4-5,7-9,16H2,(H,17,18);1H. The molecular weight excluding hydrogens is 392 g/mol. The molecule has 124 valence electrons. The molecule has 1 saturated carbocycles. The molecule has 0 heterocycles. The first kappa shape index (κ1) is 19.4. The summed E-state index contributed by atoms with van der Waals surface area (Å²) < 4.78 is 24.8. The molecule has 22 heavy (non-hydrogen) atoms. The predicted molar refractivity (Wildman–Crippen MR) is 92.6 cm³/mol. The van der Waals surface area contributed by atoms with Crippen LogP contribution < -0.4 is 11.1 Å². The first-order valence-corrected chi connectivity index (χ1v) is 9.44. The largest absolute Gasteiger partial charge is 0.354 e. The zero-order chi connectivity index (χ0) is 15.5. The maximum absolute atomic E-state index is 12.0. The van der Waals surface area contributed by atoms with Gasteiger partial charge in [0, 0.05) is 17.1 Å². The number of hydrogen-bond acceptors (Lipinski definition) is 4. The zero-order valence-electron chi connectivity index (χ0n) is 12.0. The second-order valence-corrected chi connectivity index (χ2v) is 8.45. The van der Waals surface area contributed by atoms with Gasteiger partial charge in [-0.1, -0.05) is 28.1 Å². The number of nitrogens with two attached hydrogens (primary N) is 1. The van der Waals surface area contributed by atoms with Crippen LogP contribution in [0.25, 0.3) is 0 Å². The monoisotopic (exact) mass is 410 g/mol. The van der Waals surface area contributed by atoms with Crippen LogP contribution in [0.15, 0.2) is 28.7 Å². The molecule has 1 fully saturated rings. The highest BCUT2D eigenvalue weighted by Crippen LogP contribution is 2.31. The molecule has 1 amide bonds. The van der Waals surface area contributed by atoms with Crippen LogP contribution in [-0.4, -0.2) is 32.7 Å². The summed E-state index contributed by atoms with van der Waals surface area (Å²) in [7, 11) is -3.48. The van der Waals surface area contributed by atoms with E-state index in [1.807, 2.05) is 6.07 Å². The number of nitrogens with one attached hydrogen (secondary N) is 1. The number of hydrogen-bond donors (Lipinski definition) is 2. The molecule has 0 radical (unpaired) electrons. The Hall–Kier alpha value is -0.630. The van der Waals surface area contributed by atoms with Crippen LogP contribution >= 0.6 is 28.3 Å². The van der Waals surface area contributed by atoms with E-state index in [-0.39, 0.29) is 24.2 Å². The summed E-state index contributed by atoms with van der Waals surface area (Å²) in [5.41, 5.74) is 6.52. The highest BCUT2D eigenvalue weighted by atomic mass is 79.9. The molecule has 1 aromatic rings. The Morgan fingerprint density at radius 3 is 2.68 bits per heavy atom. The van der Waals surface area contributed by atoms with Crippen LogP contribution in [0.2, 0.25) is 0 Å². The lowest BCUT2D eigenvalue weighted by molar-refractivity contribution is -0.118. The number of rotatable bonds is 7. The van der Waals surface area contributed by atoms with Crippen molar-refractivity contribution in [1.82, 2.24) is 5.32 Å². The van der Waals surface area contributed by atoms with E-state index in [4.69, 9.17) is 5.73 Å². The Balaban J connectivity index is 0.00000242. The molecular formula is C14H20BrClN2O3S. The van der Waals surface area contributed by atoms with E-state index in [1.165, 1.54) is 0 Å². The number of benzene rings is 1. The first-order valence-electron chi connectivity index (χ1n) is 6.83. The van der Waals surface area contributed by atoms with Gasteiger partial charge < -0.3 is 11.1 Å². The van der Waals surface area contributed by atoms with Crippen LogP contribution in [0.3, 0.4) is 0 Å². The number of sulfone groups is 1. The maximum Gasteiger partial charge on any atom is 0.235 e. The highest BCUT2D eigenvalue weighted by molar-refractivity contribution is 9.10. The smallest absolute Gasteiger partial charge is 0.235 e. The minimum absolute atomic E-state index is 0. The molecule has 2 rings (SSSR count). The average Bonchev–Trinajstić information content (AvgIpc) is 3.18. The van der Waals surface area contributed by atoms with Gasteiger partial charge in [-0.15, -0.1) is 12.4 Å². The molecule has 1 atom stereocenters. The van der Waals surface area contributed by atoms with Crippen molar-refractivity contribution in [3.8, 4) is 0 Å². The normalized spacial score (nSPS) is 15.7. The van der Waals surface area contributed by atoms with Gasteiger partial charge in [-0.05, 0) is 36.5 Å². The minimum Gasteiger partial charge on any atom is -0.354 e. The number of amides is 1. The zero-order valence-corrected chi connectivity index (χ0v) is 15.2. The molecule has 5 nitrogen and oxygen atoms in total. The van der Waals surface area contributed by atoms with Gasteiger partial charge in [-0.2, -0.15) is 0 Å². The van der Waals surface area contributed by atoms with Crippen molar-refractivity contribution in [2.45, 2.75) is 24.6 Å². The van der Waals surface area contributed by atoms with Crippen molar-refractivity contribution >= 4 is 44.1 Å². The molecule has 0 spiro atoms. The fraction of sp³-hybridized carbons (Fsp3) is 0.500. The van der Waals surface area contributed by atoms with Gasteiger partial charge in [0.25, 0.3) is 0 Å². The molecule has 8 heteroatoms. The Bertz CT molecular complexity index is 620. The third kappa shape index (κ3) is 6.64. The van der Waals surface area contributed by atoms with E-state index in [0.29, 0.717) is 18.0 Å². The lowest BCUT2D eigenvalue weighted by atomic mass is 10.2. The van der Waals surface area contributed by atoms with Gasteiger partial charge in [0.05, 0.1) is 5.75 Å². The van der Waals surface area contributed by atoms with Crippen molar-refractivity contribution in [3.63, 3.8) is 0 Å². The number of carbonyl (C=O) groups is 1. The lowest BCUT2D eigenvalue weighted by Crippen LogP contribution is -2.40. The third-order valence-corrected chi connectivity index (χ3v) is 5.36. The Kier molecular flexibility index (Phi) is 7.31. The first-order chi connectivity index (χ1) is 9.85. The fourth-order valence-electron chi connectivity index (χ4n) is 2.11. The highest BCUT2D eigenvalue weighted by Gasteiger charge is 2.28. The molecule has 1 aliphatic carbocycles. The van der Waals surface area contributed by atoms with Crippen molar-refractivity contribution in [1.29, 1.82) is 0 Å². The van der Waals surface area contributed by atoms with Crippen LogP contribution in [0.4, 0.5) is 0 Å². The summed E-state index contributed by atoms with van der Waals surface area (Å²) in [5, 5.41) is 2.60. The van der Waals surface area contributed by atoms with Crippen LogP contribution in [0.1, 0.15) is 18.4 Å². The third-order valence-electron chi connectivity index (χ3n) is 3.39. The van der Waals surface area contributed by atoms with Gasteiger partial charge in [0.15, 0.2) is 9.84 Å². The van der Waals surface area contributed by atoms with E-state index in [2.05, 4.69) is 21.2 Å². The van der Waals surface area contributed by atoms with Crippen LogP contribution in [0.5, 0.6) is 0 Å². The molecule has 0 aromatic heterocycles. The van der Waals surface area contributed by atoms with E-state index in [1.54, 1.807) is 18.2 Å². The molecule has 0 aliphatic heterocycles. The van der Waals surface area contributed by atoms with Gasteiger partial charge >= 0.3 is 0 Å². The van der Waals surface area contributed by atoms with E-state index in [9.17, 15) is 13.2 Å². The molecule has 0 bridgehead atoms. The summed E-state index contributed by atoms with van der Waals surface area (Å²) in [5.74, 6) is -0.657. The summed E-state index contributed by atoms with van der Waals surface area (Å²) in [6.07, 6.45) is 2.19. The molecule has 0 saturated heterocycles. The molecule has 1 aliphatic rings. The van der Waals surface area contributed by atoms with Crippen LogP contribution in [-0.2, 0) is 20.4 Å². The summed E-state index contributed by atoms with van der Waals surface area (Å²) in [6, 6.07) is 6.98. The average molecular weight is 412 g/mol. The summed E-state index contributed by atoms with van der Waals surface area (Å²) in [6.45, 7) is 0.343. The molecule has 1 aromatic carbocycles. The number of halogens is 2. The second-order valence-electron chi connectivity index (χ2n) is 5.47. The second kappa shape index (κ2) is 8.29. The van der Waals surface area contributed by atoms with Gasteiger partial charge in [0.1, 0.15) is 5.75 Å². The predicted octanol–water partition coefficient (Wildman–Crippen LogP) is 1.64. The fourth-order valence-corrected chi connectivity index (χ4v) is 3.84. The molecule has 3 N–H and O–H groups in total. The lowest BCUT2D eigenvalue weighted by Gasteiger charge is -2.11. The number of carbonyl (C=O) groups excluding carboxylic acids is 1. The van der Waals surface area contributed by atoms with Crippen molar-refractivity contribution in [3.05, 3.63) is 34.3 Å². The Morgan fingerprint density at radius 2 is 2.09 bits per heavy atom. The van der Waals surface area contributed by atoms with Crippen molar-refractivity contribution in [2.24, 2.45) is 11.7 Å². The van der Waals surface area contributed by atoms with Crippen molar-refractivity contribution in [2.75, 3.05) is 12.3 Å². The van der Waals surface area contributed by atoms with E-state index in [0.717, 1.165) is 17.3 Å². The SMILES string of the molecule is Cl.NC(CNC(=O)CS(=O)(=O)Cc1cccc(Br)c1)C1CC1. The Labute approximate surface area is 145 Å². The maximum atomic E-state index is 12.0. The van der Waals surface area contributed by atoms with Gasteiger partial charge in [0.2, 0.25) is 5.91 Å².